The van der Waals surface area contributed by atoms with Gasteiger partial charge in [0.1, 0.15) is 0 Å². The minimum absolute atomic E-state index is 0.105. The number of hydrogen-bond acceptors (Lipinski definition) is 2. The average molecular weight is 821 g/mol. The van der Waals surface area contributed by atoms with E-state index in [-0.39, 0.29) is 10.8 Å². The molecule has 64 heavy (non-hydrogen) atoms. The number of para-hydroxylation sites is 2. The van der Waals surface area contributed by atoms with Crippen LogP contribution in [0.1, 0.15) is 49.9 Å². The molecule has 2 heteroatoms. The molecule has 10 aromatic carbocycles. The molecule has 1 aliphatic heterocycles. The number of fused-ring (bicyclic) bond motifs is 7. The summed E-state index contributed by atoms with van der Waals surface area (Å²) in [6, 6.07) is 81.0. The fraction of sp³-hybridized carbons (Fsp3) is 0.0968. The highest BCUT2D eigenvalue weighted by Crippen LogP contribution is 2.56. The van der Waals surface area contributed by atoms with Gasteiger partial charge in [0.25, 0.3) is 0 Å². The fourth-order valence-corrected chi connectivity index (χ4v) is 10.9. The summed E-state index contributed by atoms with van der Waals surface area (Å²) >= 11 is 0. The Hall–Kier alpha value is -7.68. The lowest BCUT2D eigenvalue weighted by Gasteiger charge is -2.43. The first-order valence-corrected chi connectivity index (χ1v) is 22.5. The molecule has 0 radical (unpaired) electrons. The van der Waals surface area contributed by atoms with E-state index in [1.165, 1.54) is 94.2 Å². The minimum atomic E-state index is -0.235. The summed E-state index contributed by atoms with van der Waals surface area (Å²) in [7, 11) is 0. The molecule has 0 saturated heterocycles. The molecule has 306 valence electrons. The topological polar surface area (TPSA) is 6.48 Å². The number of anilines is 6. The van der Waals surface area contributed by atoms with Gasteiger partial charge in [-0.2, -0.15) is 0 Å². The largest absolute Gasteiger partial charge is 0.310 e. The summed E-state index contributed by atoms with van der Waals surface area (Å²) in [5.74, 6) is 0. The van der Waals surface area contributed by atoms with Crippen molar-refractivity contribution < 1.29 is 0 Å². The minimum Gasteiger partial charge on any atom is -0.310 e. The van der Waals surface area contributed by atoms with E-state index >= 15 is 0 Å². The third kappa shape index (κ3) is 5.86. The van der Waals surface area contributed by atoms with E-state index in [0.29, 0.717) is 0 Å². The van der Waals surface area contributed by atoms with Crippen LogP contribution in [-0.4, -0.2) is 0 Å². The summed E-state index contributed by atoms with van der Waals surface area (Å²) in [6.07, 6.45) is 0. The third-order valence-electron chi connectivity index (χ3n) is 14.2. The predicted octanol–water partition coefficient (Wildman–Crippen LogP) is 17.2. The second-order valence-corrected chi connectivity index (χ2v) is 18.6. The Balaban J connectivity index is 1.04. The molecule has 0 aromatic heterocycles. The van der Waals surface area contributed by atoms with Crippen molar-refractivity contribution in [3.05, 3.63) is 241 Å². The van der Waals surface area contributed by atoms with Crippen LogP contribution in [0.5, 0.6) is 0 Å². The van der Waals surface area contributed by atoms with Gasteiger partial charge < -0.3 is 9.80 Å². The first-order valence-electron chi connectivity index (χ1n) is 22.5. The molecule has 12 rings (SSSR count). The van der Waals surface area contributed by atoms with Gasteiger partial charge in [-0.3, -0.25) is 0 Å². The molecule has 0 saturated carbocycles. The van der Waals surface area contributed by atoms with Crippen LogP contribution in [0.4, 0.5) is 34.1 Å². The molecule has 0 bridgehead atoms. The second kappa shape index (κ2) is 14.4. The lowest BCUT2D eigenvalue weighted by atomic mass is 9.73. The van der Waals surface area contributed by atoms with Crippen LogP contribution in [0.25, 0.3) is 54.9 Å². The van der Waals surface area contributed by atoms with E-state index in [0.717, 1.165) is 17.1 Å². The monoisotopic (exact) mass is 820 g/mol. The molecular formula is C62H48N2. The summed E-state index contributed by atoms with van der Waals surface area (Å²) in [4.78, 5) is 4.98. The zero-order valence-corrected chi connectivity index (χ0v) is 36.7. The van der Waals surface area contributed by atoms with Gasteiger partial charge in [0.2, 0.25) is 0 Å². The molecule has 0 unspecified atom stereocenters. The van der Waals surface area contributed by atoms with Crippen molar-refractivity contribution in [2.45, 2.75) is 38.5 Å². The van der Waals surface area contributed by atoms with Crippen molar-refractivity contribution in [1.29, 1.82) is 0 Å². The van der Waals surface area contributed by atoms with Gasteiger partial charge in [0.05, 0.1) is 17.1 Å². The van der Waals surface area contributed by atoms with Gasteiger partial charge in [-0.1, -0.05) is 191 Å². The van der Waals surface area contributed by atoms with E-state index in [9.17, 15) is 0 Å². The first-order chi connectivity index (χ1) is 31.3. The Morgan fingerprint density at radius 1 is 0.328 bits per heavy atom. The van der Waals surface area contributed by atoms with Crippen LogP contribution >= 0.6 is 0 Å². The molecule has 0 spiro atoms. The highest BCUT2D eigenvalue weighted by Gasteiger charge is 2.39. The zero-order chi connectivity index (χ0) is 43.2. The average Bonchev–Trinajstić information content (AvgIpc) is 3.57. The van der Waals surface area contributed by atoms with E-state index in [4.69, 9.17) is 0 Å². The standard InChI is InChI=1S/C62H48N2/c1-61(2)54-26-13-12-25-52(54)53-35-33-49(40-57(53)61)63(47-21-6-5-7-22-47)48-23-16-20-44(38-48)45-32-36-56-59(39-45)64(58-28-15-14-27-55(58)62(56,3)4)60-50-24-11-10-18-42(50)31-34-51(60)46-30-29-41-17-8-9-19-43(41)37-46/h5-40H,1-4H3. The van der Waals surface area contributed by atoms with Crippen molar-refractivity contribution in [1.82, 2.24) is 0 Å². The molecule has 0 amide bonds. The van der Waals surface area contributed by atoms with Crippen LogP contribution in [0.15, 0.2) is 218 Å². The van der Waals surface area contributed by atoms with Crippen LogP contribution in [-0.2, 0) is 10.8 Å². The molecule has 0 N–H and O–H groups in total. The van der Waals surface area contributed by atoms with Crippen LogP contribution in [0, 0.1) is 0 Å². The molecule has 2 aliphatic rings. The van der Waals surface area contributed by atoms with Crippen molar-refractivity contribution in [3.8, 4) is 33.4 Å². The van der Waals surface area contributed by atoms with Crippen molar-refractivity contribution in [3.63, 3.8) is 0 Å². The molecule has 0 fully saturated rings. The van der Waals surface area contributed by atoms with E-state index in [2.05, 4.69) is 256 Å². The lowest BCUT2D eigenvalue weighted by molar-refractivity contribution is 0.632. The van der Waals surface area contributed by atoms with E-state index in [1.54, 1.807) is 0 Å². The molecule has 0 atom stereocenters. The summed E-state index contributed by atoms with van der Waals surface area (Å²) in [5.41, 5.74) is 19.4. The zero-order valence-electron chi connectivity index (χ0n) is 36.7. The maximum atomic E-state index is 2.57. The quantitative estimate of drug-likeness (QED) is 0.165. The SMILES string of the molecule is CC1(C)c2ccccc2-c2ccc(N(c3ccccc3)c3cccc(-c4ccc5c(c4)N(c4c(-c6ccc7ccccc7c6)ccc6ccccc46)c4ccccc4C5(C)C)c3)cc21. The molecule has 1 aliphatic carbocycles. The third-order valence-corrected chi connectivity index (χ3v) is 14.2. The smallest absolute Gasteiger partial charge is 0.0618 e. The summed E-state index contributed by atoms with van der Waals surface area (Å²) in [6.45, 7) is 9.47. The molecule has 10 aromatic rings. The Morgan fingerprint density at radius 2 is 0.922 bits per heavy atom. The van der Waals surface area contributed by atoms with Crippen LogP contribution < -0.4 is 9.80 Å². The second-order valence-electron chi connectivity index (χ2n) is 18.6. The Kier molecular flexibility index (Phi) is 8.58. The van der Waals surface area contributed by atoms with E-state index in [1.807, 2.05) is 0 Å². The maximum Gasteiger partial charge on any atom is 0.0618 e. The fourth-order valence-electron chi connectivity index (χ4n) is 10.9. The summed E-state index contributed by atoms with van der Waals surface area (Å²) in [5, 5.41) is 4.92. The molecular weight excluding hydrogens is 773 g/mol. The van der Waals surface area contributed by atoms with E-state index < -0.39 is 0 Å². The lowest BCUT2D eigenvalue weighted by Crippen LogP contribution is -2.31. The van der Waals surface area contributed by atoms with Gasteiger partial charge in [-0.05, 0) is 121 Å². The number of hydrogen-bond donors (Lipinski definition) is 0. The van der Waals surface area contributed by atoms with Crippen molar-refractivity contribution in [2.75, 3.05) is 9.80 Å². The maximum absolute atomic E-state index is 2.57. The van der Waals surface area contributed by atoms with Crippen molar-refractivity contribution in [2.24, 2.45) is 0 Å². The Labute approximate surface area is 376 Å². The number of benzene rings is 10. The number of nitrogens with zero attached hydrogens (tertiary/aromatic N) is 2. The number of rotatable bonds is 6. The van der Waals surface area contributed by atoms with Gasteiger partial charge in [0.15, 0.2) is 0 Å². The highest BCUT2D eigenvalue weighted by molar-refractivity contribution is 6.08. The van der Waals surface area contributed by atoms with Gasteiger partial charge in [0, 0.05) is 38.8 Å². The molecule has 2 nitrogen and oxygen atoms in total. The summed E-state index contributed by atoms with van der Waals surface area (Å²) < 4.78 is 0. The highest BCUT2D eigenvalue weighted by atomic mass is 15.2. The van der Waals surface area contributed by atoms with Crippen LogP contribution in [0.3, 0.4) is 0 Å². The normalized spacial score (nSPS) is 14.2. The first kappa shape index (κ1) is 38.0. The van der Waals surface area contributed by atoms with Crippen molar-refractivity contribution >= 4 is 55.7 Å². The van der Waals surface area contributed by atoms with Crippen LogP contribution in [0.2, 0.25) is 0 Å². The predicted molar refractivity (Wildman–Crippen MR) is 271 cm³/mol. The Bertz CT molecular complexity index is 3470. The van der Waals surface area contributed by atoms with Gasteiger partial charge in [-0.15, -0.1) is 0 Å². The molecule has 1 heterocycles. The van der Waals surface area contributed by atoms with Gasteiger partial charge >= 0.3 is 0 Å². The van der Waals surface area contributed by atoms with Gasteiger partial charge in [-0.25, -0.2) is 0 Å². The Morgan fingerprint density at radius 3 is 1.78 bits per heavy atom.